The van der Waals surface area contributed by atoms with Crippen molar-refractivity contribution >= 4 is 27.7 Å². The second-order valence-electron chi connectivity index (χ2n) is 10.8. The molecule has 2 aromatic carbocycles. The Kier molecular flexibility index (Phi) is 6.05. The van der Waals surface area contributed by atoms with Crippen molar-refractivity contribution in [1.82, 2.24) is 9.55 Å². The lowest BCUT2D eigenvalue weighted by molar-refractivity contribution is 0.141. The molecule has 0 radical (unpaired) electrons. The number of nitriles is 2. The van der Waals surface area contributed by atoms with Gasteiger partial charge in [-0.05, 0) is 43.5 Å². The van der Waals surface area contributed by atoms with E-state index in [-0.39, 0.29) is 22.6 Å². The first-order valence-corrected chi connectivity index (χ1v) is 13.2. The Labute approximate surface area is 225 Å². The van der Waals surface area contributed by atoms with Crippen LogP contribution in [0.1, 0.15) is 48.8 Å². The summed E-state index contributed by atoms with van der Waals surface area (Å²) < 4.78 is 19.1. The van der Waals surface area contributed by atoms with Gasteiger partial charge in [0.05, 0.1) is 30.0 Å². The Balaban J connectivity index is 1.39. The van der Waals surface area contributed by atoms with E-state index in [2.05, 4.69) is 24.0 Å². The summed E-state index contributed by atoms with van der Waals surface area (Å²) in [5, 5.41) is 20.7. The molecule has 2 aliphatic heterocycles. The van der Waals surface area contributed by atoms with Crippen molar-refractivity contribution in [3.05, 3.63) is 63.3 Å². The van der Waals surface area contributed by atoms with Gasteiger partial charge in [0, 0.05) is 43.4 Å². The summed E-state index contributed by atoms with van der Waals surface area (Å²) in [6, 6.07) is 13.9. The molecule has 9 heteroatoms. The average Bonchev–Trinajstić information content (AvgIpc) is 3.61. The van der Waals surface area contributed by atoms with Gasteiger partial charge in [0.15, 0.2) is 5.58 Å². The van der Waals surface area contributed by atoms with Crippen molar-refractivity contribution in [2.24, 2.45) is 7.05 Å². The van der Waals surface area contributed by atoms with Crippen LogP contribution in [0.25, 0.3) is 22.0 Å². The standard InChI is InChI=1S/C30H29N5O4/c1-18-4-5-25-23(12-18)33-29(39-25)30(2)7-9-35(10-8-30)27-21-13-19(15-31)26(38-20-6-11-37-17-20)14-24(21)34(3)28(36)22(27)16-32/h4-5,12-14,20H,6-11,17H2,1-3H3/t20-/m1/s1. The fourth-order valence-electron chi connectivity index (χ4n) is 5.68. The summed E-state index contributed by atoms with van der Waals surface area (Å²) in [7, 11) is 1.64. The SMILES string of the molecule is Cc1ccc2oc(C3(C)CCN(c4c(C#N)c(=O)n(C)c5cc(O[C@@H]6CCOC6)c(C#N)cc45)CC3)nc2c1. The molecular formula is C30H29N5O4. The Hall–Kier alpha value is -4.34. The molecule has 4 aromatic rings. The van der Waals surface area contributed by atoms with Crippen molar-refractivity contribution in [3.8, 4) is 17.9 Å². The number of oxazole rings is 1. The summed E-state index contributed by atoms with van der Waals surface area (Å²) in [6.45, 7) is 6.47. The zero-order valence-electron chi connectivity index (χ0n) is 22.3. The number of hydrogen-bond donors (Lipinski definition) is 0. The average molecular weight is 524 g/mol. The third kappa shape index (κ3) is 4.20. The van der Waals surface area contributed by atoms with Crippen molar-refractivity contribution in [1.29, 1.82) is 10.5 Å². The highest BCUT2D eigenvalue weighted by atomic mass is 16.5. The number of nitrogens with zero attached hydrogens (tertiary/aromatic N) is 5. The van der Waals surface area contributed by atoms with Crippen LogP contribution in [0.5, 0.6) is 5.75 Å². The summed E-state index contributed by atoms with van der Waals surface area (Å²) in [6.07, 6.45) is 2.06. The molecule has 2 aliphatic rings. The van der Waals surface area contributed by atoms with E-state index in [4.69, 9.17) is 18.9 Å². The Bertz CT molecular complexity index is 1740. The molecule has 198 valence electrons. The maximum atomic E-state index is 13.3. The number of hydrogen-bond acceptors (Lipinski definition) is 8. The van der Waals surface area contributed by atoms with Gasteiger partial charge in [-0.2, -0.15) is 10.5 Å². The third-order valence-electron chi connectivity index (χ3n) is 8.13. The number of rotatable bonds is 4. The zero-order valence-corrected chi connectivity index (χ0v) is 22.3. The fraction of sp³-hybridized carbons (Fsp3) is 0.400. The van der Waals surface area contributed by atoms with Crippen LogP contribution >= 0.6 is 0 Å². The van der Waals surface area contributed by atoms with Gasteiger partial charge in [-0.15, -0.1) is 0 Å². The molecule has 0 unspecified atom stereocenters. The highest BCUT2D eigenvalue weighted by Gasteiger charge is 2.37. The van der Waals surface area contributed by atoms with Gasteiger partial charge in [0.25, 0.3) is 5.56 Å². The topological polar surface area (TPSA) is 117 Å². The van der Waals surface area contributed by atoms with E-state index in [1.54, 1.807) is 19.2 Å². The first kappa shape index (κ1) is 25.0. The second kappa shape index (κ2) is 9.44. The van der Waals surface area contributed by atoms with Crippen LogP contribution in [0.15, 0.2) is 39.5 Å². The van der Waals surface area contributed by atoms with Gasteiger partial charge in [0.1, 0.15) is 35.1 Å². The number of benzene rings is 2. The Morgan fingerprint density at radius 3 is 2.64 bits per heavy atom. The summed E-state index contributed by atoms with van der Waals surface area (Å²) in [5.74, 6) is 1.13. The molecular weight excluding hydrogens is 494 g/mol. The van der Waals surface area contributed by atoms with E-state index in [0.717, 1.165) is 35.9 Å². The molecule has 0 aliphatic carbocycles. The molecule has 4 heterocycles. The van der Waals surface area contributed by atoms with Gasteiger partial charge >= 0.3 is 0 Å². The van der Waals surface area contributed by atoms with Crippen molar-refractivity contribution in [2.75, 3.05) is 31.2 Å². The number of aromatic nitrogens is 2. The molecule has 0 bridgehead atoms. The van der Waals surface area contributed by atoms with E-state index >= 15 is 0 Å². The van der Waals surface area contributed by atoms with E-state index in [1.807, 2.05) is 25.1 Å². The predicted molar refractivity (Wildman–Crippen MR) is 146 cm³/mol. The Morgan fingerprint density at radius 1 is 1.15 bits per heavy atom. The Morgan fingerprint density at radius 2 is 1.95 bits per heavy atom. The first-order valence-electron chi connectivity index (χ1n) is 13.2. The molecule has 6 rings (SSSR count). The van der Waals surface area contributed by atoms with E-state index in [0.29, 0.717) is 60.1 Å². The quantitative estimate of drug-likeness (QED) is 0.385. The highest BCUT2D eigenvalue weighted by Crippen LogP contribution is 2.40. The number of piperidine rings is 1. The lowest BCUT2D eigenvalue weighted by Crippen LogP contribution is -2.42. The van der Waals surface area contributed by atoms with Gasteiger partial charge < -0.3 is 23.4 Å². The smallest absolute Gasteiger partial charge is 0.270 e. The highest BCUT2D eigenvalue weighted by molar-refractivity contribution is 5.97. The summed E-state index contributed by atoms with van der Waals surface area (Å²) in [5.41, 5.74) is 3.72. The van der Waals surface area contributed by atoms with Gasteiger partial charge in [-0.1, -0.05) is 13.0 Å². The fourth-order valence-corrected chi connectivity index (χ4v) is 5.68. The molecule has 1 atom stereocenters. The van der Waals surface area contributed by atoms with Crippen molar-refractivity contribution < 1.29 is 13.9 Å². The summed E-state index contributed by atoms with van der Waals surface area (Å²) >= 11 is 0. The van der Waals surface area contributed by atoms with Gasteiger partial charge in [-0.25, -0.2) is 4.98 Å². The minimum atomic E-state index is -0.373. The molecule has 2 aromatic heterocycles. The normalized spacial score (nSPS) is 18.8. The molecule has 9 nitrogen and oxygen atoms in total. The van der Waals surface area contributed by atoms with E-state index < -0.39 is 0 Å². The molecule has 0 N–H and O–H groups in total. The molecule has 0 spiro atoms. The van der Waals surface area contributed by atoms with Crippen LogP contribution in [0.4, 0.5) is 5.69 Å². The maximum Gasteiger partial charge on any atom is 0.270 e. The van der Waals surface area contributed by atoms with Crippen LogP contribution in [0.3, 0.4) is 0 Å². The van der Waals surface area contributed by atoms with Crippen LogP contribution in [-0.4, -0.2) is 42.0 Å². The zero-order chi connectivity index (χ0) is 27.3. The predicted octanol–water partition coefficient (Wildman–Crippen LogP) is 4.46. The molecule has 2 saturated heterocycles. The van der Waals surface area contributed by atoms with Crippen molar-refractivity contribution in [3.63, 3.8) is 0 Å². The molecule has 0 amide bonds. The molecule has 2 fully saturated rings. The molecule has 39 heavy (non-hydrogen) atoms. The number of pyridine rings is 1. The van der Waals surface area contributed by atoms with Crippen LogP contribution in [-0.2, 0) is 17.2 Å². The van der Waals surface area contributed by atoms with E-state index in [9.17, 15) is 15.3 Å². The van der Waals surface area contributed by atoms with E-state index in [1.165, 1.54) is 4.57 Å². The number of anilines is 1. The second-order valence-corrected chi connectivity index (χ2v) is 10.8. The van der Waals surface area contributed by atoms with Crippen molar-refractivity contribution in [2.45, 2.75) is 44.6 Å². The van der Waals surface area contributed by atoms with Crippen LogP contribution in [0.2, 0.25) is 0 Å². The summed E-state index contributed by atoms with van der Waals surface area (Å²) in [4.78, 5) is 20.2. The number of ether oxygens (including phenoxy) is 2. The lowest BCUT2D eigenvalue weighted by atomic mass is 9.80. The van der Waals surface area contributed by atoms with Crippen LogP contribution in [0, 0.1) is 29.6 Å². The largest absolute Gasteiger partial charge is 0.486 e. The monoisotopic (exact) mass is 523 g/mol. The maximum absolute atomic E-state index is 13.3. The first-order chi connectivity index (χ1) is 18.8. The minimum Gasteiger partial charge on any atom is -0.486 e. The van der Waals surface area contributed by atoms with Crippen LogP contribution < -0.4 is 15.2 Å². The van der Waals surface area contributed by atoms with Gasteiger partial charge in [0.2, 0.25) is 5.89 Å². The number of fused-ring (bicyclic) bond motifs is 2. The third-order valence-corrected chi connectivity index (χ3v) is 8.13. The number of aryl methyl sites for hydroxylation is 2. The van der Waals surface area contributed by atoms with Gasteiger partial charge in [-0.3, -0.25) is 4.79 Å². The minimum absolute atomic E-state index is 0.0766. The molecule has 0 saturated carbocycles. The lowest BCUT2D eigenvalue weighted by Gasteiger charge is -2.39.